The number of methoxy groups -OCH3 is 1. The number of hydrogen-bond acceptors (Lipinski definition) is 2. The molecule has 112 valence electrons. The van der Waals surface area contributed by atoms with Gasteiger partial charge in [0.2, 0.25) is 0 Å². The van der Waals surface area contributed by atoms with Crippen molar-refractivity contribution in [1.82, 2.24) is 5.32 Å². The molecule has 0 fully saturated rings. The van der Waals surface area contributed by atoms with Crippen molar-refractivity contribution in [2.45, 2.75) is 32.4 Å². The molecule has 0 heterocycles. The van der Waals surface area contributed by atoms with E-state index in [9.17, 15) is 0 Å². The molecule has 0 aliphatic heterocycles. The molecule has 0 bridgehead atoms. The minimum atomic E-state index is 0.229. The zero-order chi connectivity index (χ0) is 15.2. The molecule has 3 heteroatoms. The highest BCUT2D eigenvalue weighted by Crippen LogP contribution is 2.23. The van der Waals surface area contributed by atoms with Crippen LogP contribution < -0.4 is 10.1 Å². The van der Waals surface area contributed by atoms with Gasteiger partial charge in [-0.05, 0) is 49.6 Å². The fourth-order valence-electron chi connectivity index (χ4n) is 2.52. The van der Waals surface area contributed by atoms with Gasteiger partial charge in [0.25, 0.3) is 0 Å². The van der Waals surface area contributed by atoms with Crippen molar-refractivity contribution in [3.05, 3.63) is 64.7 Å². The Hall–Kier alpha value is -1.51. The van der Waals surface area contributed by atoms with Gasteiger partial charge in [0.15, 0.2) is 0 Å². The maximum Gasteiger partial charge on any atom is 0.118 e. The van der Waals surface area contributed by atoms with Crippen LogP contribution in [0.1, 0.15) is 31.0 Å². The van der Waals surface area contributed by atoms with Gasteiger partial charge in [-0.3, -0.25) is 0 Å². The maximum absolute atomic E-state index is 6.24. The molecule has 21 heavy (non-hydrogen) atoms. The lowest BCUT2D eigenvalue weighted by Gasteiger charge is -2.21. The van der Waals surface area contributed by atoms with E-state index < -0.39 is 0 Å². The normalized spacial score (nSPS) is 13.7. The Morgan fingerprint density at radius 1 is 1.05 bits per heavy atom. The van der Waals surface area contributed by atoms with E-state index in [4.69, 9.17) is 16.3 Å². The Balaban J connectivity index is 1.94. The highest BCUT2D eigenvalue weighted by molar-refractivity contribution is 6.31. The Kier molecular flexibility index (Phi) is 5.66. The van der Waals surface area contributed by atoms with E-state index in [0.717, 1.165) is 22.8 Å². The molecule has 2 aromatic carbocycles. The van der Waals surface area contributed by atoms with Crippen LogP contribution in [0.2, 0.25) is 5.02 Å². The lowest BCUT2D eigenvalue weighted by molar-refractivity contribution is 0.414. The van der Waals surface area contributed by atoms with Crippen LogP contribution in [0.15, 0.2) is 48.5 Å². The number of benzene rings is 2. The highest BCUT2D eigenvalue weighted by atomic mass is 35.5. The van der Waals surface area contributed by atoms with Gasteiger partial charge in [0.1, 0.15) is 5.75 Å². The van der Waals surface area contributed by atoms with Gasteiger partial charge in [0, 0.05) is 17.1 Å². The molecule has 0 saturated carbocycles. The summed E-state index contributed by atoms with van der Waals surface area (Å²) < 4.78 is 5.18. The van der Waals surface area contributed by atoms with E-state index in [1.54, 1.807) is 7.11 Å². The molecule has 0 aromatic heterocycles. The Morgan fingerprint density at radius 3 is 2.33 bits per heavy atom. The van der Waals surface area contributed by atoms with Gasteiger partial charge >= 0.3 is 0 Å². The molecule has 2 nitrogen and oxygen atoms in total. The average molecular weight is 304 g/mol. The van der Waals surface area contributed by atoms with Gasteiger partial charge in [0.05, 0.1) is 7.11 Å². The summed E-state index contributed by atoms with van der Waals surface area (Å²) in [6, 6.07) is 16.8. The van der Waals surface area contributed by atoms with E-state index in [1.165, 1.54) is 5.56 Å². The van der Waals surface area contributed by atoms with Crippen molar-refractivity contribution in [1.29, 1.82) is 0 Å². The van der Waals surface area contributed by atoms with Gasteiger partial charge in [-0.15, -0.1) is 0 Å². The highest BCUT2D eigenvalue weighted by Gasteiger charge is 2.12. The second-order valence-electron chi connectivity index (χ2n) is 5.36. The van der Waals surface area contributed by atoms with Crippen LogP contribution in [-0.4, -0.2) is 13.2 Å². The summed E-state index contributed by atoms with van der Waals surface area (Å²) in [5.41, 5.74) is 2.43. The lowest BCUT2D eigenvalue weighted by Crippen LogP contribution is -2.30. The van der Waals surface area contributed by atoms with Crippen LogP contribution in [0.4, 0.5) is 0 Å². The number of nitrogens with one attached hydrogen (secondary N) is 1. The average Bonchev–Trinajstić information content (AvgIpc) is 2.48. The van der Waals surface area contributed by atoms with Crippen molar-refractivity contribution >= 4 is 11.6 Å². The molecule has 2 atom stereocenters. The molecule has 2 aromatic rings. The molecule has 0 aliphatic carbocycles. The van der Waals surface area contributed by atoms with E-state index in [0.29, 0.717) is 6.04 Å². The fourth-order valence-corrected chi connectivity index (χ4v) is 2.82. The molecule has 1 N–H and O–H groups in total. The smallest absolute Gasteiger partial charge is 0.118 e. The van der Waals surface area contributed by atoms with Crippen molar-refractivity contribution in [3.63, 3.8) is 0 Å². The molecule has 0 spiro atoms. The first-order valence-corrected chi connectivity index (χ1v) is 7.61. The maximum atomic E-state index is 6.24. The van der Waals surface area contributed by atoms with E-state index in [2.05, 4.69) is 37.4 Å². The first kappa shape index (κ1) is 15.9. The largest absolute Gasteiger partial charge is 0.497 e. The van der Waals surface area contributed by atoms with Crippen LogP contribution >= 0.6 is 11.6 Å². The summed E-state index contributed by atoms with van der Waals surface area (Å²) in [7, 11) is 1.68. The van der Waals surface area contributed by atoms with E-state index in [-0.39, 0.29) is 6.04 Å². The minimum Gasteiger partial charge on any atom is -0.497 e. The zero-order valence-electron chi connectivity index (χ0n) is 12.8. The Labute approximate surface area is 132 Å². The monoisotopic (exact) mass is 303 g/mol. The topological polar surface area (TPSA) is 21.3 Å². The predicted octanol–water partition coefficient (Wildman–Crippen LogP) is 4.63. The number of ether oxygens (including phenoxy) is 1. The molecule has 1 unspecified atom stereocenters. The van der Waals surface area contributed by atoms with Gasteiger partial charge < -0.3 is 10.1 Å². The van der Waals surface area contributed by atoms with Gasteiger partial charge in [-0.1, -0.05) is 41.9 Å². The predicted molar refractivity (Wildman–Crippen MR) is 89.2 cm³/mol. The summed E-state index contributed by atoms with van der Waals surface area (Å²) >= 11 is 6.24. The van der Waals surface area contributed by atoms with Crippen LogP contribution in [0.25, 0.3) is 0 Å². The van der Waals surface area contributed by atoms with Gasteiger partial charge in [-0.25, -0.2) is 0 Å². The second kappa shape index (κ2) is 7.48. The summed E-state index contributed by atoms with van der Waals surface area (Å²) in [4.78, 5) is 0. The molecular formula is C18H22ClNO. The quantitative estimate of drug-likeness (QED) is 0.840. The van der Waals surface area contributed by atoms with Crippen LogP contribution in [0.5, 0.6) is 5.75 Å². The number of rotatable bonds is 6. The SMILES string of the molecule is COc1ccc(CC(C)N[C@@H](C)c2ccccc2Cl)cc1. The third-order valence-corrected chi connectivity index (χ3v) is 3.95. The summed E-state index contributed by atoms with van der Waals surface area (Å²) in [5.74, 6) is 0.892. The van der Waals surface area contributed by atoms with Crippen LogP contribution in [0.3, 0.4) is 0 Å². The zero-order valence-corrected chi connectivity index (χ0v) is 13.5. The molecule has 2 rings (SSSR count). The standard InChI is InChI=1S/C18H22ClNO/c1-13(12-15-8-10-16(21-3)11-9-15)20-14(2)17-6-4-5-7-18(17)19/h4-11,13-14,20H,12H2,1-3H3/t13?,14-/m0/s1. The van der Waals surface area contributed by atoms with Crippen LogP contribution in [-0.2, 0) is 6.42 Å². The minimum absolute atomic E-state index is 0.229. The fraction of sp³-hybridized carbons (Fsp3) is 0.333. The summed E-state index contributed by atoms with van der Waals surface area (Å²) in [5, 5.41) is 4.41. The first-order valence-electron chi connectivity index (χ1n) is 7.23. The van der Waals surface area contributed by atoms with E-state index >= 15 is 0 Å². The van der Waals surface area contributed by atoms with Crippen molar-refractivity contribution in [2.75, 3.05) is 7.11 Å². The first-order chi connectivity index (χ1) is 10.1. The van der Waals surface area contributed by atoms with E-state index in [1.807, 2.05) is 30.3 Å². The van der Waals surface area contributed by atoms with Crippen molar-refractivity contribution in [2.24, 2.45) is 0 Å². The molecule has 0 saturated heterocycles. The van der Waals surface area contributed by atoms with Crippen LogP contribution in [0, 0.1) is 0 Å². The van der Waals surface area contributed by atoms with Gasteiger partial charge in [-0.2, -0.15) is 0 Å². The second-order valence-corrected chi connectivity index (χ2v) is 5.77. The molecule has 0 aliphatic rings. The Bertz CT molecular complexity index is 568. The molecule has 0 amide bonds. The third kappa shape index (κ3) is 4.48. The molecule has 0 radical (unpaired) electrons. The molecular weight excluding hydrogens is 282 g/mol. The summed E-state index contributed by atoms with van der Waals surface area (Å²) in [6.45, 7) is 4.34. The lowest BCUT2D eigenvalue weighted by atomic mass is 10.0. The Morgan fingerprint density at radius 2 is 1.71 bits per heavy atom. The van der Waals surface area contributed by atoms with Crippen molar-refractivity contribution < 1.29 is 4.74 Å². The summed E-state index contributed by atoms with van der Waals surface area (Å²) in [6.07, 6.45) is 0.971. The number of halogens is 1. The number of hydrogen-bond donors (Lipinski definition) is 1. The van der Waals surface area contributed by atoms with Crippen molar-refractivity contribution in [3.8, 4) is 5.75 Å². The third-order valence-electron chi connectivity index (χ3n) is 3.61.